The maximum atomic E-state index is 10.9. The molecule has 0 aliphatic carbocycles. The van der Waals surface area contributed by atoms with Crippen LogP contribution in [0.4, 0.5) is 0 Å². The Bertz CT molecular complexity index is 328. The summed E-state index contributed by atoms with van der Waals surface area (Å²) in [6, 6.07) is 0. The summed E-state index contributed by atoms with van der Waals surface area (Å²) in [6.07, 6.45) is 28.6. The fourth-order valence-corrected chi connectivity index (χ4v) is 3.30. The lowest BCUT2D eigenvalue weighted by Gasteiger charge is -2.04. The molecule has 3 heteroatoms. The number of ether oxygens (including phenoxy) is 1. The molecule has 0 spiro atoms. The van der Waals surface area contributed by atoms with Crippen LogP contribution in [0.25, 0.3) is 0 Å². The highest BCUT2D eigenvalue weighted by atomic mass is 16.5. The molecule has 0 radical (unpaired) electrons. The first-order chi connectivity index (χ1) is 13.3. The van der Waals surface area contributed by atoms with Crippen molar-refractivity contribution in [3.05, 3.63) is 12.2 Å². The lowest BCUT2D eigenvalue weighted by atomic mass is 10.1. The van der Waals surface area contributed by atoms with Crippen molar-refractivity contribution in [3.8, 4) is 0 Å². The SMILES string of the molecule is CCCCCCCCC=CCCCCCCCCCCCCOC(=O)CN. The number of carbonyl (C=O) groups excluding carboxylic acids is 1. The molecule has 0 aromatic carbocycles. The molecule has 0 heterocycles. The smallest absolute Gasteiger partial charge is 0.319 e. The number of unbranched alkanes of at least 4 members (excludes halogenated alkanes) is 16. The number of allylic oxidation sites excluding steroid dienone is 2. The van der Waals surface area contributed by atoms with Gasteiger partial charge in [0.2, 0.25) is 0 Å². The Hall–Kier alpha value is -0.830. The second-order valence-electron chi connectivity index (χ2n) is 7.78. The molecule has 0 aliphatic heterocycles. The largest absolute Gasteiger partial charge is 0.465 e. The summed E-state index contributed by atoms with van der Waals surface area (Å²) in [7, 11) is 0. The molecule has 0 bridgehead atoms. The van der Waals surface area contributed by atoms with Gasteiger partial charge in [-0.25, -0.2) is 0 Å². The van der Waals surface area contributed by atoms with Crippen LogP contribution >= 0.6 is 0 Å². The third-order valence-corrected chi connectivity index (χ3v) is 5.09. The maximum Gasteiger partial charge on any atom is 0.319 e. The molecule has 0 aromatic heterocycles. The van der Waals surface area contributed by atoms with Gasteiger partial charge in [0.05, 0.1) is 13.2 Å². The van der Waals surface area contributed by atoms with Crippen molar-refractivity contribution in [2.75, 3.05) is 13.2 Å². The molecule has 0 saturated carbocycles. The first kappa shape index (κ1) is 26.2. The average molecular weight is 382 g/mol. The molecule has 0 atom stereocenters. The topological polar surface area (TPSA) is 52.3 Å². The van der Waals surface area contributed by atoms with Crippen molar-refractivity contribution in [3.63, 3.8) is 0 Å². The van der Waals surface area contributed by atoms with E-state index in [9.17, 15) is 4.79 Å². The Morgan fingerprint density at radius 3 is 1.52 bits per heavy atom. The number of carbonyl (C=O) groups is 1. The standard InChI is InChI=1S/C24H47NO2/c1-2-3-4-5-6-7-8-9-10-11-12-13-14-15-16-17-18-19-20-21-22-27-24(26)23-25/h9-10H,2-8,11-23,25H2,1H3. The van der Waals surface area contributed by atoms with E-state index in [0.717, 1.165) is 12.8 Å². The van der Waals surface area contributed by atoms with Crippen LogP contribution < -0.4 is 5.73 Å². The van der Waals surface area contributed by atoms with Gasteiger partial charge in [0.25, 0.3) is 0 Å². The Balaban J connectivity index is 3.08. The van der Waals surface area contributed by atoms with Gasteiger partial charge in [-0.2, -0.15) is 0 Å². The first-order valence-corrected chi connectivity index (χ1v) is 11.8. The fraction of sp³-hybridized carbons (Fsp3) is 0.875. The van der Waals surface area contributed by atoms with Crippen LogP contribution in [-0.4, -0.2) is 19.1 Å². The van der Waals surface area contributed by atoms with Crippen LogP contribution in [-0.2, 0) is 9.53 Å². The van der Waals surface area contributed by atoms with E-state index in [-0.39, 0.29) is 12.5 Å². The summed E-state index contributed by atoms with van der Waals surface area (Å²) in [6.45, 7) is 2.80. The summed E-state index contributed by atoms with van der Waals surface area (Å²) in [5, 5.41) is 0. The van der Waals surface area contributed by atoms with Gasteiger partial charge >= 0.3 is 5.97 Å². The zero-order chi connectivity index (χ0) is 19.8. The Morgan fingerprint density at radius 1 is 0.667 bits per heavy atom. The molecule has 0 saturated heterocycles. The van der Waals surface area contributed by atoms with Gasteiger partial charge in [-0.15, -0.1) is 0 Å². The molecule has 0 rings (SSSR count). The van der Waals surface area contributed by atoms with Crippen molar-refractivity contribution in [1.82, 2.24) is 0 Å². The Kier molecular flexibility index (Phi) is 22.5. The molecule has 2 N–H and O–H groups in total. The monoisotopic (exact) mass is 381 g/mol. The molecule has 0 unspecified atom stereocenters. The van der Waals surface area contributed by atoms with Crippen LogP contribution in [0.3, 0.4) is 0 Å². The third-order valence-electron chi connectivity index (χ3n) is 5.09. The van der Waals surface area contributed by atoms with Crippen LogP contribution in [0.2, 0.25) is 0 Å². The molecule has 27 heavy (non-hydrogen) atoms. The Morgan fingerprint density at radius 2 is 1.07 bits per heavy atom. The van der Waals surface area contributed by atoms with Gasteiger partial charge in [0, 0.05) is 0 Å². The summed E-state index contributed by atoms with van der Waals surface area (Å²) in [5.74, 6) is -0.289. The summed E-state index contributed by atoms with van der Waals surface area (Å²) in [4.78, 5) is 10.9. The number of hydrogen-bond acceptors (Lipinski definition) is 3. The molecule has 0 fully saturated rings. The van der Waals surface area contributed by atoms with Crippen molar-refractivity contribution >= 4 is 5.97 Å². The predicted octanol–water partition coefficient (Wildman–Crippen LogP) is 7.09. The summed E-state index contributed by atoms with van der Waals surface area (Å²) < 4.78 is 4.96. The zero-order valence-corrected chi connectivity index (χ0v) is 18.2. The molecule has 160 valence electrons. The normalized spacial score (nSPS) is 11.3. The Labute approximate surface area is 169 Å². The predicted molar refractivity (Wildman–Crippen MR) is 118 cm³/mol. The highest BCUT2D eigenvalue weighted by Crippen LogP contribution is 2.12. The van der Waals surface area contributed by atoms with Crippen molar-refractivity contribution in [2.24, 2.45) is 5.73 Å². The van der Waals surface area contributed by atoms with Gasteiger partial charge < -0.3 is 10.5 Å². The second-order valence-corrected chi connectivity index (χ2v) is 7.78. The molecule has 0 aliphatic rings. The third kappa shape index (κ3) is 23.1. The van der Waals surface area contributed by atoms with Crippen molar-refractivity contribution in [2.45, 2.75) is 122 Å². The summed E-state index contributed by atoms with van der Waals surface area (Å²) >= 11 is 0. The van der Waals surface area contributed by atoms with E-state index in [0.29, 0.717) is 6.61 Å². The molecule has 0 amide bonds. The van der Waals surface area contributed by atoms with Crippen LogP contribution in [0.5, 0.6) is 0 Å². The quantitative estimate of drug-likeness (QED) is 0.131. The molecular formula is C24H47NO2. The van der Waals surface area contributed by atoms with Gasteiger partial charge in [0.15, 0.2) is 0 Å². The highest BCUT2D eigenvalue weighted by Gasteiger charge is 1.97. The van der Waals surface area contributed by atoms with Crippen molar-refractivity contribution in [1.29, 1.82) is 0 Å². The summed E-state index contributed by atoms with van der Waals surface area (Å²) in [5.41, 5.74) is 5.18. The number of nitrogens with two attached hydrogens (primary N) is 1. The minimum atomic E-state index is -0.289. The molecule has 0 aromatic rings. The lowest BCUT2D eigenvalue weighted by Crippen LogP contribution is -2.17. The van der Waals surface area contributed by atoms with E-state index in [1.54, 1.807) is 0 Å². The van der Waals surface area contributed by atoms with Crippen LogP contribution in [0, 0.1) is 0 Å². The molecule has 3 nitrogen and oxygen atoms in total. The highest BCUT2D eigenvalue weighted by molar-refractivity contribution is 5.71. The van der Waals surface area contributed by atoms with Crippen molar-refractivity contribution < 1.29 is 9.53 Å². The van der Waals surface area contributed by atoms with E-state index in [1.807, 2.05) is 0 Å². The lowest BCUT2D eigenvalue weighted by molar-refractivity contribution is -0.142. The fourth-order valence-electron chi connectivity index (χ4n) is 3.30. The van der Waals surface area contributed by atoms with E-state index >= 15 is 0 Å². The zero-order valence-electron chi connectivity index (χ0n) is 18.2. The number of esters is 1. The minimum absolute atomic E-state index is 0.00448. The van der Waals surface area contributed by atoms with Gasteiger partial charge in [-0.1, -0.05) is 103 Å². The molecular weight excluding hydrogens is 334 g/mol. The first-order valence-electron chi connectivity index (χ1n) is 11.8. The maximum absolute atomic E-state index is 10.9. The van der Waals surface area contributed by atoms with Crippen LogP contribution in [0.1, 0.15) is 122 Å². The second kappa shape index (κ2) is 23.2. The van der Waals surface area contributed by atoms with E-state index in [4.69, 9.17) is 10.5 Å². The number of hydrogen-bond donors (Lipinski definition) is 1. The van der Waals surface area contributed by atoms with Gasteiger partial charge in [-0.05, 0) is 32.1 Å². The van der Waals surface area contributed by atoms with Crippen LogP contribution in [0.15, 0.2) is 12.2 Å². The van der Waals surface area contributed by atoms with Gasteiger partial charge in [-0.3, -0.25) is 4.79 Å². The minimum Gasteiger partial charge on any atom is -0.465 e. The van der Waals surface area contributed by atoms with E-state index < -0.39 is 0 Å². The van der Waals surface area contributed by atoms with E-state index in [1.165, 1.54) is 103 Å². The van der Waals surface area contributed by atoms with Gasteiger partial charge in [0.1, 0.15) is 0 Å². The van der Waals surface area contributed by atoms with E-state index in [2.05, 4.69) is 19.1 Å². The average Bonchev–Trinajstić information content (AvgIpc) is 2.68. The number of rotatable bonds is 21.